The molecule has 33 heavy (non-hydrogen) atoms. The molecule has 0 radical (unpaired) electrons. The normalized spacial score (nSPS) is 19.2. The summed E-state index contributed by atoms with van der Waals surface area (Å²) in [6.45, 7) is 6.63. The van der Waals surface area contributed by atoms with Crippen molar-refractivity contribution in [1.82, 2.24) is 10.2 Å². The molecule has 1 unspecified atom stereocenters. The maximum atomic E-state index is 12.8. The number of hydrogen-bond donors (Lipinski definition) is 1. The SMILES string of the molecule is CCCCCCCCC(C)CCCCCC/C=C\NC(=O)C1=C(C2CC2)N2CCCN=C2S1. The van der Waals surface area contributed by atoms with Crippen molar-refractivity contribution in [2.24, 2.45) is 16.8 Å². The van der Waals surface area contributed by atoms with E-state index in [0.717, 1.165) is 41.9 Å². The van der Waals surface area contributed by atoms with Crippen molar-refractivity contribution in [3.63, 3.8) is 0 Å². The van der Waals surface area contributed by atoms with Crippen LogP contribution in [0.25, 0.3) is 0 Å². The second-order valence-corrected chi connectivity index (χ2v) is 11.3. The van der Waals surface area contributed by atoms with Gasteiger partial charge in [0.25, 0.3) is 5.91 Å². The number of amides is 1. The molecule has 1 amide bonds. The van der Waals surface area contributed by atoms with E-state index in [2.05, 4.69) is 35.1 Å². The summed E-state index contributed by atoms with van der Waals surface area (Å²) in [7, 11) is 0. The Morgan fingerprint density at radius 2 is 1.79 bits per heavy atom. The number of rotatable bonds is 17. The van der Waals surface area contributed by atoms with Crippen molar-refractivity contribution in [2.75, 3.05) is 13.1 Å². The number of nitrogens with zero attached hydrogens (tertiary/aromatic N) is 2. The predicted octanol–water partition coefficient (Wildman–Crippen LogP) is 7.77. The van der Waals surface area contributed by atoms with Crippen LogP contribution in [0.5, 0.6) is 0 Å². The third kappa shape index (κ3) is 9.15. The monoisotopic (exact) mass is 473 g/mol. The lowest BCUT2D eigenvalue weighted by molar-refractivity contribution is -0.116. The van der Waals surface area contributed by atoms with E-state index in [-0.39, 0.29) is 5.91 Å². The lowest BCUT2D eigenvalue weighted by atomic mass is 9.96. The number of aliphatic imine (C=N–C) groups is 1. The number of nitrogens with one attached hydrogen (secondary N) is 1. The summed E-state index contributed by atoms with van der Waals surface area (Å²) >= 11 is 1.58. The second kappa shape index (κ2) is 14.9. The molecule has 0 aromatic rings. The first-order chi connectivity index (χ1) is 16.2. The van der Waals surface area contributed by atoms with E-state index in [1.165, 1.54) is 95.6 Å². The van der Waals surface area contributed by atoms with E-state index in [0.29, 0.717) is 5.92 Å². The molecule has 3 rings (SSSR count). The number of amidine groups is 1. The number of allylic oxidation sites excluding steroid dienone is 2. The fourth-order valence-electron chi connectivity index (χ4n) is 4.90. The van der Waals surface area contributed by atoms with Gasteiger partial charge in [0.1, 0.15) is 4.91 Å². The van der Waals surface area contributed by atoms with Crippen LogP contribution in [0.4, 0.5) is 0 Å². The second-order valence-electron chi connectivity index (χ2n) is 10.3. The van der Waals surface area contributed by atoms with Crippen LogP contribution in [-0.2, 0) is 4.79 Å². The molecular weight excluding hydrogens is 426 g/mol. The predicted molar refractivity (Wildman–Crippen MR) is 143 cm³/mol. The van der Waals surface area contributed by atoms with Crippen molar-refractivity contribution in [1.29, 1.82) is 0 Å². The summed E-state index contributed by atoms with van der Waals surface area (Å²) in [5, 5.41) is 4.06. The van der Waals surface area contributed by atoms with Gasteiger partial charge in [-0.2, -0.15) is 0 Å². The Hall–Kier alpha value is -1.23. The van der Waals surface area contributed by atoms with Gasteiger partial charge in [-0.05, 0) is 49.8 Å². The van der Waals surface area contributed by atoms with E-state index in [1.54, 1.807) is 11.8 Å². The Balaban J connectivity index is 1.21. The van der Waals surface area contributed by atoms with Crippen LogP contribution in [0.15, 0.2) is 27.9 Å². The van der Waals surface area contributed by atoms with Crippen molar-refractivity contribution < 1.29 is 4.79 Å². The Morgan fingerprint density at radius 3 is 2.52 bits per heavy atom. The zero-order valence-electron chi connectivity index (χ0n) is 21.2. The first-order valence-corrected chi connectivity index (χ1v) is 14.7. The molecule has 0 saturated heterocycles. The first-order valence-electron chi connectivity index (χ1n) is 13.9. The molecule has 0 aromatic carbocycles. The van der Waals surface area contributed by atoms with Gasteiger partial charge in [0.2, 0.25) is 0 Å². The summed E-state index contributed by atoms with van der Waals surface area (Å²) in [4.78, 5) is 20.6. The van der Waals surface area contributed by atoms with Crippen molar-refractivity contribution in [3.05, 3.63) is 22.9 Å². The number of hydrogen-bond acceptors (Lipinski definition) is 4. The van der Waals surface area contributed by atoms with Crippen LogP contribution in [0.3, 0.4) is 0 Å². The summed E-state index contributed by atoms with van der Waals surface area (Å²) in [6.07, 6.45) is 25.0. The van der Waals surface area contributed by atoms with Gasteiger partial charge >= 0.3 is 0 Å². The molecule has 2 aliphatic heterocycles. The molecular formula is C28H47N3OS. The Labute approximate surface area is 207 Å². The van der Waals surface area contributed by atoms with E-state index in [9.17, 15) is 4.79 Å². The van der Waals surface area contributed by atoms with Crippen LogP contribution < -0.4 is 5.32 Å². The van der Waals surface area contributed by atoms with Crippen molar-refractivity contribution in [2.45, 2.75) is 117 Å². The van der Waals surface area contributed by atoms with Gasteiger partial charge in [-0.25, -0.2) is 0 Å². The number of carbonyl (C=O) groups excluding carboxylic acids is 1. The zero-order valence-corrected chi connectivity index (χ0v) is 22.1. The molecule has 5 heteroatoms. The quantitative estimate of drug-likeness (QED) is 0.219. The van der Waals surface area contributed by atoms with Crippen molar-refractivity contribution >= 4 is 22.8 Å². The number of fused-ring (bicyclic) bond motifs is 1. The minimum Gasteiger partial charge on any atom is -0.328 e. The fraction of sp³-hybridized carbons (Fsp3) is 0.786. The summed E-state index contributed by atoms with van der Waals surface area (Å²) in [5.74, 6) is 1.51. The average molecular weight is 474 g/mol. The minimum atomic E-state index is 0.0506. The molecule has 0 spiro atoms. The largest absolute Gasteiger partial charge is 0.328 e. The van der Waals surface area contributed by atoms with Gasteiger partial charge in [0.05, 0.1) is 0 Å². The molecule has 4 nitrogen and oxygen atoms in total. The molecule has 1 atom stereocenters. The highest BCUT2D eigenvalue weighted by Gasteiger charge is 2.41. The third-order valence-electron chi connectivity index (χ3n) is 7.11. The molecule has 1 aliphatic carbocycles. The molecule has 3 aliphatic rings. The van der Waals surface area contributed by atoms with Crippen LogP contribution in [0.1, 0.15) is 117 Å². The lowest BCUT2D eigenvalue weighted by Crippen LogP contribution is -2.30. The molecule has 1 N–H and O–H groups in total. The molecule has 0 aromatic heterocycles. The molecule has 0 bridgehead atoms. The van der Waals surface area contributed by atoms with Gasteiger partial charge in [0.15, 0.2) is 5.17 Å². The van der Waals surface area contributed by atoms with Gasteiger partial charge < -0.3 is 10.2 Å². The van der Waals surface area contributed by atoms with E-state index in [4.69, 9.17) is 0 Å². The Kier molecular flexibility index (Phi) is 11.9. The van der Waals surface area contributed by atoms with E-state index < -0.39 is 0 Å². The molecule has 1 fully saturated rings. The van der Waals surface area contributed by atoms with Gasteiger partial charge in [0, 0.05) is 30.9 Å². The Morgan fingerprint density at radius 1 is 1.09 bits per heavy atom. The average Bonchev–Trinajstić information content (AvgIpc) is 3.59. The summed E-state index contributed by atoms with van der Waals surface area (Å²) < 4.78 is 0. The van der Waals surface area contributed by atoms with Crippen LogP contribution in [0, 0.1) is 11.8 Å². The van der Waals surface area contributed by atoms with Gasteiger partial charge in [-0.1, -0.05) is 90.6 Å². The van der Waals surface area contributed by atoms with Gasteiger partial charge in [-0.3, -0.25) is 9.79 Å². The summed E-state index contributed by atoms with van der Waals surface area (Å²) in [6, 6.07) is 0. The van der Waals surface area contributed by atoms with Crippen LogP contribution >= 0.6 is 11.8 Å². The number of unbranched alkanes of at least 4 members (excludes halogenated alkanes) is 9. The first kappa shape index (κ1) is 26.4. The summed E-state index contributed by atoms with van der Waals surface area (Å²) in [5.41, 5.74) is 1.25. The van der Waals surface area contributed by atoms with Crippen LogP contribution in [0.2, 0.25) is 0 Å². The number of thioether (sulfide) groups is 1. The fourth-order valence-corrected chi connectivity index (χ4v) is 6.07. The molecule has 186 valence electrons. The van der Waals surface area contributed by atoms with Crippen molar-refractivity contribution in [3.8, 4) is 0 Å². The highest BCUT2D eigenvalue weighted by molar-refractivity contribution is 8.18. The van der Waals surface area contributed by atoms with Gasteiger partial charge in [-0.15, -0.1) is 0 Å². The maximum absolute atomic E-state index is 12.8. The maximum Gasteiger partial charge on any atom is 0.263 e. The van der Waals surface area contributed by atoms with Crippen LogP contribution in [-0.4, -0.2) is 29.1 Å². The van der Waals surface area contributed by atoms with E-state index in [1.807, 2.05) is 6.20 Å². The standard InChI is InChI=1S/C28H47N3OS/c1-3-4-5-6-9-12-16-23(2)17-13-10-7-8-11-14-20-29-27(32)26-25(24-18-19-24)31-22-15-21-30-28(31)33-26/h14,20,23-24H,3-13,15-19,21-22H2,1-2H3,(H,29,32)/b20-14-. The zero-order chi connectivity index (χ0) is 23.3. The van der Waals surface area contributed by atoms with E-state index >= 15 is 0 Å². The lowest BCUT2D eigenvalue weighted by Gasteiger charge is -2.25. The number of carbonyl (C=O) groups is 1. The highest BCUT2D eigenvalue weighted by Crippen LogP contribution is 2.48. The topological polar surface area (TPSA) is 44.7 Å². The third-order valence-corrected chi connectivity index (χ3v) is 8.24. The minimum absolute atomic E-state index is 0.0506. The Bertz CT molecular complexity index is 695. The molecule has 2 heterocycles. The smallest absolute Gasteiger partial charge is 0.263 e. The highest BCUT2D eigenvalue weighted by atomic mass is 32.2. The molecule has 1 saturated carbocycles.